The van der Waals surface area contributed by atoms with Gasteiger partial charge in [0.05, 0.1) is 11.7 Å². The topological polar surface area (TPSA) is 42.3 Å². The molecule has 0 bridgehead atoms. The van der Waals surface area contributed by atoms with Gasteiger partial charge in [-0.25, -0.2) is 0 Å². The second-order valence-electron chi connectivity index (χ2n) is 9.04. The molecule has 2 atom stereocenters. The number of rotatable bonds is 6. The van der Waals surface area contributed by atoms with Crippen molar-refractivity contribution in [3.05, 3.63) is 139 Å². The molecule has 5 aromatic rings. The maximum Gasteiger partial charge on any atom is 0.174 e. The monoisotopic (exact) mass is 502 g/mol. The molecule has 0 spiro atoms. The molecule has 6 heteroatoms. The van der Waals surface area contributed by atoms with Gasteiger partial charge in [-0.05, 0) is 91.9 Å². The van der Waals surface area contributed by atoms with E-state index in [4.69, 9.17) is 17.0 Å². The van der Waals surface area contributed by atoms with E-state index in [0.29, 0.717) is 5.11 Å². The molecule has 1 aliphatic heterocycles. The average Bonchev–Trinajstić information content (AvgIpc) is 3.55. The molecule has 182 valence electrons. The lowest BCUT2D eigenvalue weighted by Crippen LogP contribution is -2.30. The number of ether oxygens (including phenoxy) is 1. The van der Waals surface area contributed by atoms with Gasteiger partial charge in [0, 0.05) is 29.5 Å². The second-order valence-corrected chi connectivity index (χ2v) is 9.43. The normalized spacial score (nSPS) is 17.0. The molecule has 0 aliphatic carbocycles. The summed E-state index contributed by atoms with van der Waals surface area (Å²) < 4.78 is 8.25. The number of nitrogens with zero attached hydrogens (tertiary/aromatic N) is 3. The molecule has 0 unspecified atom stereocenters. The van der Waals surface area contributed by atoms with Crippen LogP contribution in [0.5, 0.6) is 11.5 Å². The molecule has 1 N–H and O–H groups in total. The van der Waals surface area contributed by atoms with Gasteiger partial charge < -0.3 is 19.5 Å². The Bertz CT molecular complexity index is 1500. The van der Waals surface area contributed by atoms with Crippen molar-refractivity contribution in [1.29, 1.82) is 0 Å². The van der Waals surface area contributed by atoms with Crippen LogP contribution in [0.3, 0.4) is 0 Å². The van der Waals surface area contributed by atoms with Crippen LogP contribution in [0.4, 0.5) is 5.69 Å². The maximum atomic E-state index is 6.02. The van der Waals surface area contributed by atoms with Crippen LogP contribution in [0, 0.1) is 6.92 Å². The third kappa shape index (κ3) is 4.59. The predicted octanol–water partition coefficient (Wildman–Crippen LogP) is 7.15. The first-order chi connectivity index (χ1) is 18.2. The van der Waals surface area contributed by atoms with Crippen molar-refractivity contribution in [3.63, 3.8) is 0 Å². The highest BCUT2D eigenvalue weighted by atomic mass is 32.1. The van der Waals surface area contributed by atoms with Crippen LogP contribution >= 0.6 is 12.2 Å². The summed E-state index contributed by atoms with van der Waals surface area (Å²) in [6, 6.07) is 36.4. The van der Waals surface area contributed by atoms with E-state index >= 15 is 0 Å². The fourth-order valence-electron chi connectivity index (χ4n) is 4.81. The smallest absolute Gasteiger partial charge is 0.174 e. The Morgan fingerprint density at radius 2 is 1.46 bits per heavy atom. The minimum absolute atomic E-state index is 0.111. The van der Waals surface area contributed by atoms with E-state index in [-0.39, 0.29) is 12.1 Å². The van der Waals surface area contributed by atoms with Gasteiger partial charge in [0.2, 0.25) is 0 Å². The summed E-state index contributed by atoms with van der Waals surface area (Å²) >= 11 is 5.91. The zero-order chi connectivity index (χ0) is 25.2. The first-order valence-electron chi connectivity index (χ1n) is 12.3. The standard InChI is InChI=1S/C31H26N4OS/c1-22-12-14-23(15-13-22)34-21-7-11-28(34)30-29(27-10-5-6-20-32-27)33-31(37)35(30)24-16-18-26(19-17-24)36-25-8-3-2-4-9-25/h2-21,29-30H,1H3,(H,33,37)/t29-,30+/m0/s1. The third-order valence-electron chi connectivity index (χ3n) is 6.59. The first-order valence-corrected chi connectivity index (χ1v) is 12.7. The first kappa shape index (κ1) is 23.0. The summed E-state index contributed by atoms with van der Waals surface area (Å²) in [6.07, 6.45) is 3.93. The van der Waals surface area contributed by atoms with Crippen molar-refractivity contribution in [2.24, 2.45) is 0 Å². The summed E-state index contributed by atoms with van der Waals surface area (Å²) in [6.45, 7) is 2.10. The molecule has 1 fully saturated rings. The Kier molecular flexibility index (Phi) is 6.16. The van der Waals surface area contributed by atoms with Crippen LogP contribution in [0.2, 0.25) is 0 Å². The summed E-state index contributed by atoms with van der Waals surface area (Å²) in [5, 5.41) is 4.21. The van der Waals surface area contributed by atoms with Crippen molar-refractivity contribution in [3.8, 4) is 17.2 Å². The molecule has 3 aromatic carbocycles. The minimum atomic E-state index is -0.118. The molecule has 0 amide bonds. The lowest BCUT2D eigenvalue weighted by molar-refractivity contribution is 0.482. The van der Waals surface area contributed by atoms with Gasteiger partial charge in [-0.15, -0.1) is 0 Å². The lowest BCUT2D eigenvalue weighted by atomic mass is 10.0. The van der Waals surface area contributed by atoms with E-state index in [0.717, 1.165) is 34.3 Å². The molecular weight excluding hydrogens is 476 g/mol. The quantitative estimate of drug-likeness (QED) is 0.250. The Morgan fingerprint density at radius 3 is 2.19 bits per heavy atom. The Balaban J connectivity index is 1.40. The van der Waals surface area contributed by atoms with Gasteiger partial charge in [-0.1, -0.05) is 42.0 Å². The van der Waals surface area contributed by atoms with Crippen LogP contribution in [0.25, 0.3) is 5.69 Å². The van der Waals surface area contributed by atoms with Crippen LogP contribution in [-0.4, -0.2) is 14.7 Å². The summed E-state index contributed by atoms with van der Waals surface area (Å²) in [7, 11) is 0. The zero-order valence-electron chi connectivity index (χ0n) is 20.4. The van der Waals surface area contributed by atoms with Crippen LogP contribution in [0.15, 0.2) is 122 Å². The van der Waals surface area contributed by atoms with Crippen molar-refractivity contribution >= 4 is 23.0 Å². The number of pyridine rings is 1. The van der Waals surface area contributed by atoms with Gasteiger partial charge in [-0.3, -0.25) is 4.98 Å². The number of hydrogen-bond acceptors (Lipinski definition) is 3. The number of anilines is 1. The van der Waals surface area contributed by atoms with E-state index in [1.807, 2.05) is 66.9 Å². The number of aryl methyl sites for hydroxylation is 1. The Labute approximate surface area is 222 Å². The van der Waals surface area contributed by atoms with Gasteiger partial charge in [0.1, 0.15) is 17.5 Å². The molecule has 1 saturated heterocycles. The molecule has 3 heterocycles. The minimum Gasteiger partial charge on any atom is -0.457 e. The molecule has 2 aromatic heterocycles. The van der Waals surface area contributed by atoms with Crippen molar-refractivity contribution in [2.45, 2.75) is 19.0 Å². The van der Waals surface area contributed by atoms with E-state index < -0.39 is 0 Å². The number of para-hydroxylation sites is 1. The Hall–Kier alpha value is -4.42. The van der Waals surface area contributed by atoms with E-state index in [9.17, 15) is 0 Å². The van der Waals surface area contributed by atoms with E-state index in [1.165, 1.54) is 5.56 Å². The van der Waals surface area contributed by atoms with Gasteiger partial charge in [-0.2, -0.15) is 0 Å². The fourth-order valence-corrected chi connectivity index (χ4v) is 5.15. The number of nitrogens with one attached hydrogen (secondary N) is 1. The van der Waals surface area contributed by atoms with Crippen molar-refractivity contribution < 1.29 is 4.74 Å². The number of hydrogen-bond donors (Lipinski definition) is 1. The molecule has 6 rings (SSSR count). The SMILES string of the molecule is Cc1ccc(-n2cccc2[C@@H]2[C@H](c3ccccn3)NC(=S)N2c2ccc(Oc3ccccc3)cc2)cc1. The zero-order valence-corrected chi connectivity index (χ0v) is 21.2. The van der Waals surface area contributed by atoms with Crippen LogP contribution in [0.1, 0.15) is 29.0 Å². The molecule has 0 radical (unpaired) electrons. The highest BCUT2D eigenvalue weighted by Crippen LogP contribution is 2.42. The second kappa shape index (κ2) is 9.91. The van der Waals surface area contributed by atoms with Gasteiger partial charge >= 0.3 is 0 Å². The lowest BCUT2D eigenvalue weighted by Gasteiger charge is -2.29. The Morgan fingerprint density at radius 1 is 0.757 bits per heavy atom. The van der Waals surface area contributed by atoms with Crippen molar-refractivity contribution in [1.82, 2.24) is 14.9 Å². The number of benzene rings is 3. The third-order valence-corrected chi connectivity index (χ3v) is 6.90. The highest BCUT2D eigenvalue weighted by molar-refractivity contribution is 7.80. The maximum absolute atomic E-state index is 6.02. The van der Waals surface area contributed by atoms with Crippen LogP contribution < -0.4 is 15.0 Å². The summed E-state index contributed by atoms with van der Waals surface area (Å²) in [5.41, 5.74) is 5.38. The summed E-state index contributed by atoms with van der Waals surface area (Å²) in [5.74, 6) is 1.58. The van der Waals surface area contributed by atoms with E-state index in [1.54, 1.807) is 0 Å². The van der Waals surface area contributed by atoms with Gasteiger partial charge in [0.15, 0.2) is 5.11 Å². The summed E-state index contributed by atoms with van der Waals surface area (Å²) in [4.78, 5) is 6.86. The fraction of sp³-hybridized carbons (Fsp3) is 0.0968. The molecular formula is C31H26N4OS. The van der Waals surface area contributed by atoms with Gasteiger partial charge in [0.25, 0.3) is 0 Å². The molecule has 37 heavy (non-hydrogen) atoms. The number of aromatic nitrogens is 2. The van der Waals surface area contributed by atoms with Crippen molar-refractivity contribution in [2.75, 3.05) is 4.90 Å². The average molecular weight is 503 g/mol. The van der Waals surface area contributed by atoms with Crippen LogP contribution in [-0.2, 0) is 0 Å². The number of thiocarbonyl (C=S) groups is 1. The molecule has 5 nitrogen and oxygen atoms in total. The largest absolute Gasteiger partial charge is 0.457 e. The predicted molar refractivity (Wildman–Crippen MR) is 151 cm³/mol. The molecule has 0 saturated carbocycles. The van der Waals surface area contributed by atoms with E-state index in [2.05, 4.69) is 81.4 Å². The highest BCUT2D eigenvalue weighted by Gasteiger charge is 2.42. The molecule has 1 aliphatic rings.